The number of ether oxygens (including phenoxy) is 1. The fourth-order valence-corrected chi connectivity index (χ4v) is 1.84. The number of carbonyl (C=O) groups is 1. The van der Waals surface area contributed by atoms with Gasteiger partial charge in [-0.15, -0.1) is 6.58 Å². The number of ketones is 1. The average molecular weight is 212 g/mol. The molecule has 0 heterocycles. The summed E-state index contributed by atoms with van der Waals surface area (Å²) in [5.74, 6) is 0.246. The zero-order valence-electron chi connectivity index (χ0n) is 10.3. The minimum absolute atomic E-state index is 0.246. The Morgan fingerprint density at radius 3 is 2.33 bits per heavy atom. The van der Waals surface area contributed by atoms with Crippen LogP contribution in [0.25, 0.3) is 0 Å². The molecule has 15 heavy (non-hydrogen) atoms. The van der Waals surface area contributed by atoms with Gasteiger partial charge in [0, 0.05) is 13.0 Å². The van der Waals surface area contributed by atoms with E-state index in [-0.39, 0.29) is 5.78 Å². The van der Waals surface area contributed by atoms with Crippen molar-refractivity contribution in [3.8, 4) is 0 Å². The van der Waals surface area contributed by atoms with Crippen LogP contribution in [0.5, 0.6) is 0 Å². The normalized spacial score (nSPS) is 11.4. The lowest BCUT2D eigenvalue weighted by Crippen LogP contribution is -2.40. The van der Waals surface area contributed by atoms with E-state index in [1.165, 1.54) is 0 Å². The molecule has 0 saturated heterocycles. The van der Waals surface area contributed by atoms with E-state index >= 15 is 0 Å². The SMILES string of the molecule is C=CCCCC(=O)C(CC)(CC)OCC. The van der Waals surface area contributed by atoms with Crippen LogP contribution in [-0.2, 0) is 9.53 Å². The summed E-state index contributed by atoms with van der Waals surface area (Å²) in [6.45, 7) is 10.2. The monoisotopic (exact) mass is 212 g/mol. The molecular weight excluding hydrogens is 188 g/mol. The van der Waals surface area contributed by atoms with Crippen molar-refractivity contribution in [2.45, 2.75) is 58.5 Å². The van der Waals surface area contributed by atoms with Crippen LogP contribution in [0, 0.1) is 0 Å². The molecule has 0 spiro atoms. The topological polar surface area (TPSA) is 26.3 Å². The minimum Gasteiger partial charge on any atom is -0.368 e. The largest absolute Gasteiger partial charge is 0.368 e. The smallest absolute Gasteiger partial charge is 0.164 e. The molecule has 0 aromatic rings. The van der Waals surface area contributed by atoms with Crippen molar-refractivity contribution >= 4 is 5.78 Å². The second-order valence-corrected chi connectivity index (χ2v) is 3.74. The van der Waals surface area contributed by atoms with Gasteiger partial charge in [0.05, 0.1) is 0 Å². The third-order valence-corrected chi connectivity index (χ3v) is 2.88. The van der Waals surface area contributed by atoms with Crippen LogP contribution in [0.3, 0.4) is 0 Å². The van der Waals surface area contributed by atoms with Crippen LogP contribution in [0.15, 0.2) is 12.7 Å². The van der Waals surface area contributed by atoms with Crippen LogP contribution < -0.4 is 0 Å². The molecule has 2 nitrogen and oxygen atoms in total. The second kappa shape index (κ2) is 7.63. The number of allylic oxidation sites excluding steroid dienone is 1. The first-order chi connectivity index (χ1) is 7.16. The van der Waals surface area contributed by atoms with Crippen LogP contribution in [0.1, 0.15) is 52.9 Å². The fourth-order valence-electron chi connectivity index (χ4n) is 1.84. The molecule has 0 aliphatic rings. The van der Waals surface area contributed by atoms with E-state index in [0.29, 0.717) is 13.0 Å². The maximum atomic E-state index is 12.0. The van der Waals surface area contributed by atoms with E-state index in [0.717, 1.165) is 25.7 Å². The van der Waals surface area contributed by atoms with Crippen LogP contribution in [-0.4, -0.2) is 18.0 Å². The number of carbonyl (C=O) groups excluding carboxylic acids is 1. The van der Waals surface area contributed by atoms with Crippen LogP contribution in [0.2, 0.25) is 0 Å². The van der Waals surface area contributed by atoms with Gasteiger partial charge in [-0.3, -0.25) is 4.79 Å². The zero-order chi connectivity index (χ0) is 11.7. The summed E-state index contributed by atoms with van der Waals surface area (Å²) < 4.78 is 5.65. The van der Waals surface area contributed by atoms with Crippen molar-refractivity contribution < 1.29 is 9.53 Å². The van der Waals surface area contributed by atoms with Gasteiger partial charge in [-0.1, -0.05) is 19.9 Å². The first-order valence-corrected chi connectivity index (χ1v) is 5.95. The highest BCUT2D eigenvalue weighted by Gasteiger charge is 2.34. The number of unbranched alkanes of at least 4 members (excludes halogenated alkanes) is 1. The van der Waals surface area contributed by atoms with Crippen molar-refractivity contribution in [2.75, 3.05) is 6.61 Å². The summed E-state index contributed by atoms with van der Waals surface area (Å²) in [6, 6.07) is 0. The highest BCUT2D eigenvalue weighted by molar-refractivity contribution is 5.87. The van der Waals surface area contributed by atoms with Gasteiger partial charge < -0.3 is 4.74 Å². The number of hydrogen-bond acceptors (Lipinski definition) is 2. The van der Waals surface area contributed by atoms with Gasteiger partial charge in [0.1, 0.15) is 5.60 Å². The lowest BCUT2D eigenvalue weighted by molar-refractivity contribution is -0.145. The number of rotatable bonds is 9. The highest BCUT2D eigenvalue weighted by atomic mass is 16.5. The molecule has 2 heteroatoms. The van der Waals surface area contributed by atoms with Gasteiger partial charge >= 0.3 is 0 Å². The molecule has 0 amide bonds. The molecule has 0 fully saturated rings. The Balaban J connectivity index is 4.32. The predicted octanol–water partition coefficient (Wildman–Crippen LogP) is 3.51. The van der Waals surface area contributed by atoms with Gasteiger partial charge in [0.2, 0.25) is 0 Å². The Kier molecular flexibility index (Phi) is 7.31. The molecule has 88 valence electrons. The van der Waals surface area contributed by atoms with Crippen molar-refractivity contribution in [1.82, 2.24) is 0 Å². The fraction of sp³-hybridized carbons (Fsp3) is 0.769. The third-order valence-electron chi connectivity index (χ3n) is 2.88. The summed E-state index contributed by atoms with van der Waals surface area (Å²) in [6.07, 6.45) is 5.79. The summed E-state index contributed by atoms with van der Waals surface area (Å²) in [5, 5.41) is 0. The maximum Gasteiger partial charge on any atom is 0.164 e. The molecule has 0 N–H and O–H groups in total. The second-order valence-electron chi connectivity index (χ2n) is 3.74. The Morgan fingerprint density at radius 2 is 1.93 bits per heavy atom. The quantitative estimate of drug-likeness (QED) is 0.432. The molecule has 0 aromatic carbocycles. The Hall–Kier alpha value is -0.630. The first kappa shape index (κ1) is 14.4. The van der Waals surface area contributed by atoms with Gasteiger partial charge in [-0.25, -0.2) is 0 Å². The predicted molar refractivity (Wildman–Crippen MR) is 64.0 cm³/mol. The molecule has 0 aliphatic heterocycles. The van der Waals surface area contributed by atoms with Gasteiger partial charge in [0.25, 0.3) is 0 Å². The van der Waals surface area contributed by atoms with E-state index in [4.69, 9.17) is 4.74 Å². The van der Waals surface area contributed by atoms with Gasteiger partial charge in [0.15, 0.2) is 5.78 Å². The van der Waals surface area contributed by atoms with Gasteiger partial charge in [-0.2, -0.15) is 0 Å². The summed E-state index contributed by atoms with van der Waals surface area (Å²) >= 11 is 0. The molecule has 0 bridgehead atoms. The van der Waals surface area contributed by atoms with Crippen LogP contribution >= 0.6 is 0 Å². The number of hydrogen-bond donors (Lipinski definition) is 0. The van der Waals surface area contributed by atoms with E-state index in [9.17, 15) is 4.79 Å². The van der Waals surface area contributed by atoms with Crippen molar-refractivity contribution in [3.05, 3.63) is 12.7 Å². The van der Waals surface area contributed by atoms with E-state index < -0.39 is 5.60 Å². The number of Topliss-reactive ketones (excluding diaryl/α,β-unsaturated/α-hetero) is 1. The molecule has 0 unspecified atom stereocenters. The standard InChI is InChI=1S/C13H24O2/c1-5-9-10-11-12(14)13(6-2,7-3)15-8-4/h5H,1,6-11H2,2-4H3. The first-order valence-electron chi connectivity index (χ1n) is 5.95. The average Bonchev–Trinajstić information content (AvgIpc) is 2.26. The lowest BCUT2D eigenvalue weighted by Gasteiger charge is -2.29. The van der Waals surface area contributed by atoms with E-state index in [1.54, 1.807) is 0 Å². The van der Waals surface area contributed by atoms with Crippen molar-refractivity contribution in [1.29, 1.82) is 0 Å². The molecule has 0 radical (unpaired) electrons. The van der Waals surface area contributed by atoms with Crippen molar-refractivity contribution in [2.24, 2.45) is 0 Å². The van der Waals surface area contributed by atoms with Gasteiger partial charge in [-0.05, 0) is 32.6 Å². The molecule has 0 atom stereocenters. The highest BCUT2D eigenvalue weighted by Crippen LogP contribution is 2.24. The van der Waals surface area contributed by atoms with Crippen LogP contribution in [0.4, 0.5) is 0 Å². The maximum absolute atomic E-state index is 12.0. The summed E-state index contributed by atoms with van der Waals surface area (Å²) in [5.41, 5.74) is -0.532. The summed E-state index contributed by atoms with van der Waals surface area (Å²) in [4.78, 5) is 12.0. The minimum atomic E-state index is -0.532. The zero-order valence-corrected chi connectivity index (χ0v) is 10.3. The third kappa shape index (κ3) is 4.17. The van der Waals surface area contributed by atoms with E-state index in [1.807, 2.05) is 26.8 Å². The summed E-state index contributed by atoms with van der Waals surface area (Å²) in [7, 11) is 0. The van der Waals surface area contributed by atoms with Crippen molar-refractivity contribution in [3.63, 3.8) is 0 Å². The molecule has 0 aliphatic carbocycles. The lowest BCUT2D eigenvalue weighted by atomic mass is 9.89. The van der Waals surface area contributed by atoms with E-state index in [2.05, 4.69) is 6.58 Å². The molecule has 0 aromatic heterocycles. The molecule has 0 saturated carbocycles. The molecule has 0 rings (SSSR count). The Labute approximate surface area is 93.7 Å². The Morgan fingerprint density at radius 1 is 1.33 bits per heavy atom. The Bertz CT molecular complexity index is 193. The molecular formula is C13H24O2.